The van der Waals surface area contributed by atoms with Gasteiger partial charge in [-0.25, -0.2) is 4.98 Å². The zero-order chi connectivity index (χ0) is 9.97. The number of imidazole rings is 1. The van der Waals surface area contributed by atoms with E-state index >= 15 is 0 Å². The van der Waals surface area contributed by atoms with Crippen LogP contribution in [0.4, 0.5) is 5.95 Å². The second-order valence-corrected chi connectivity index (χ2v) is 2.73. The molecule has 0 amide bonds. The Labute approximate surface area is 78.8 Å². The van der Waals surface area contributed by atoms with E-state index in [2.05, 4.69) is 25.3 Å². The van der Waals surface area contributed by atoms with Crippen LogP contribution in [0.25, 0.3) is 11.2 Å². The summed E-state index contributed by atoms with van der Waals surface area (Å²) in [5.41, 5.74) is 5.83. The van der Waals surface area contributed by atoms with E-state index in [-0.39, 0.29) is 5.56 Å². The zero-order valence-corrected chi connectivity index (χ0v) is 7.37. The van der Waals surface area contributed by atoms with Crippen LogP contribution >= 0.6 is 0 Å². The van der Waals surface area contributed by atoms with Gasteiger partial charge in [-0.05, 0) is 0 Å². The maximum absolute atomic E-state index is 11.4. The van der Waals surface area contributed by atoms with Gasteiger partial charge in [0.25, 0.3) is 5.56 Å². The van der Waals surface area contributed by atoms with E-state index in [0.29, 0.717) is 30.2 Å². The first-order valence-electron chi connectivity index (χ1n) is 4.18. The van der Waals surface area contributed by atoms with Gasteiger partial charge < -0.3 is 16.0 Å². The lowest BCUT2D eigenvalue weighted by molar-refractivity contribution is 0.988. The Hall–Kier alpha value is -1.89. The van der Waals surface area contributed by atoms with Crippen LogP contribution in [0.1, 0.15) is 0 Å². The maximum atomic E-state index is 11.4. The molecule has 0 aliphatic rings. The van der Waals surface area contributed by atoms with E-state index in [1.807, 2.05) is 0 Å². The van der Waals surface area contributed by atoms with Crippen LogP contribution in [0, 0.1) is 0 Å². The number of nitrogens with two attached hydrogens (primary N) is 1. The molecule has 0 unspecified atom stereocenters. The first-order valence-corrected chi connectivity index (χ1v) is 4.18. The molecule has 74 valence electrons. The average molecular weight is 194 g/mol. The standard InChI is InChI=1S/C7H10N6O/c8-1-2-9-7-12-5-4(6(14)13-7)10-3-11-5/h3H,1-2,8H2,(H3,9,10,11,12,13,14). The summed E-state index contributed by atoms with van der Waals surface area (Å²) in [6, 6.07) is 0. The van der Waals surface area contributed by atoms with Gasteiger partial charge in [-0.15, -0.1) is 0 Å². The molecule has 7 heteroatoms. The fourth-order valence-corrected chi connectivity index (χ4v) is 1.12. The molecule has 2 rings (SSSR count). The van der Waals surface area contributed by atoms with Crippen LogP contribution < -0.4 is 16.6 Å². The van der Waals surface area contributed by atoms with Crippen molar-refractivity contribution in [2.24, 2.45) is 5.73 Å². The van der Waals surface area contributed by atoms with Gasteiger partial charge in [0.15, 0.2) is 11.2 Å². The van der Waals surface area contributed by atoms with Gasteiger partial charge in [-0.2, -0.15) is 4.98 Å². The summed E-state index contributed by atoms with van der Waals surface area (Å²) in [6.45, 7) is 1.03. The SMILES string of the molecule is NCCNc1nc2nc[nH]c2c(=O)[nH]1. The summed E-state index contributed by atoms with van der Waals surface area (Å²) >= 11 is 0. The van der Waals surface area contributed by atoms with Crippen LogP contribution in [-0.2, 0) is 0 Å². The minimum absolute atomic E-state index is 0.243. The average Bonchev–Trinajstić information content (AvgIpc) is 2.63. The molecule has 0 fully saturated rings. The zero-order valence-electron chi connectivity index (χ0n) is 7.37. The monoisotopic (exact) mass is 194 g/mol. The molecule has 2 heterocycles. The first-order chi connectivity index (χ1) is 6.81. The van der Waals surface area contributed by atoms with Crippen molar-refractivity contribution in [1.82, 2.24) is 19.9 Å². The fourth-order valence-electron chi connectivity index (χ4n) is 1.12. The smallest absolute Gasteiger partial charge is 0.278 e. The van der Waals surface area contributed by atoms with Crippen molar-refractivity contribution >= 4 is 17.1 Å². The molecular formula is C7H10N6O. The summed E-state index contributed by atoms with van der Waals surface area (Å²) in [5.74, 6) is 0.389. The van der Waals surface area contributed by atoms with Crippen LogP contribution in [0.5, 0.6) is 0 Å². The number of aromatic nitrogens is 4. The van der Waals surface area contributed by atoms with Crippen molar-refractivity contribution in [1.29, 1.82) is 0 Å². The second-order valence-electron chi connectivity index (χ2n) is 2.73. The van der Waals surface area contributed by atoms with Crippen molar-refractivity contribution in [3.8, 4) is 0 Å². The van der Waals surface area contributed by atoms with Gasteiger partial charge in [0, 0.05) is 13.1 Å². The van der Waals surface area contributed by atoms with Crippen molar-refractivity contribution in [3.63, 3.8) is 0 Å². The Morgan fingerprint density at radius 1 is 1.57 bits per heavy atom. The topological polar surface area (TPSA) is 112 Å². The number of hydrogen-bond donors (Lipinski definition) is 4. The largest absolute Gasteiger partial charge is 0.354 e. The van der Waals surface area contributed by atoms with E-state index in [0.717, 1.165) is 0 Å². The lowest BCUT2D eigenvalue weighted by Gasteiger charge is -2.01. The molecule has 2 aromatic heterocycles. The number of rotatable bonds is 3. The maximum Gasteiger partial charge on any atom is 0.278 e. The molecule has 0 radical (unpaired) electrons. The Balaban J connectivity index is 2.43. The molecule has 14 heavy (non-hydrogen) atoms. The van der Waals surface area contributed by atoms with Crippen LogP contribution in [0.2, 0.25) is 0 Å². The lowest BCUT2D eigenvalue weighted by atomic mass is 10.5. The van der Waals surface area contributed by atoms with Gasteiger partial charge in [0.05, 0.1) is 6.33 Å². The second kappa shape index (κ2) is 3.46. The molecule has 0 atom stereocenters. The summed E-state index contributed by atoms with van der Waals surface area (Å²) in [7, 11) is 0. The summed E-state index contributed by atoms with van der Waals surface area (Å²) in [5, 5.41) is 2.87. The first kappa shape index (κ1) is 8.70. The predicted molar refractivity (Wildman–Crippen MR) is 52.1 cm³/mol. The third-order valence-corrected chi connectivity index (χ3v) is 1.73. The van der Waals surface area contributed by atoms with Crippen LogP contribution in [0.15, 0.2) is 11.1 Å². The summed E-state index contributed by atoms with van der Waals surface area (Å²) in [6.07, 6.45) is 1.43. The van der Waals surface area contributed by atoms with Crippen molar-refractivity contribution in [3.05, 3.63) is 16.7 Å². The Bertz CT molecular complexity index is 486. The van der Waals surface area contributed by atoms with Gasteiger partial charge in [0.1, 0.15) is 0 Å². The molecule has 2 aromatic rings. The quantitative estimate of drug-likeness (QED) is 0.501. The molecule has 7 nitrogen and oxygen atoms in total. The molecule has 5 N–H and O–H groups in total. The van der Waals surface area contributed by atoms with E-state index < -0.39 is 0 Å². The Kier molecular flexibility index (Phi) is 2.15. The number of H-pyrrole nitrogens is 2. The highest BCUT2D eigenvalue weighted by Crippen LogP contribution is 2.01. The number of nitrogens with zero attached hydrogens (tertiary/aromatic N) is 2. The number of hydrogen-bond acceptors (Lipinski definition) is 5. The third kappa shape index (κ3) is 1.44. The Morgan fingerprint density at radius 2 is 2.43 bits per heavy atom. The van der Waals surface area contributed by atoms with Gasteiger partial charge in [-0.1, -0.05) is 0 Å². The highest BCUT2D eigenvalue weighted by molar-refractivity contribution is 5.69. The van der Waals surface area contributed by atoms with Crippen molar-refractivity contribution < 1.29 is 0 Å². The Morgan fingerprint density at radius 3 is 3.21 bits per heavy atom. The number of nitrogens with one attached hydrogen (secondary N) is 3. The van der Waals surface area contributed by atoms with Gasteiger partial charge in [-0.3, -0.25) is 9.78 Å². The molecule has 0 saturated carbocycles. The number of fused-ring (bicyclic) bond motifs is 1. The molecule has 0 saturated heterocycles. The number of anilines is 1. The normalized spacial score (nSPS) is 10.6. The van der Waals surface area contributed by atoms with E-state index in [1.165, 1.54) is 6.33 Å². The van der Waals surface area contributed by atoms with Gasteiger partial charge in [0.2, 0.25) is 5.95 Å². The summed E-state index contributed by atoms with van der Waals surface area (Å²) < 4.78 is 0. The van der Waals surface area contributed by atoms with E-state index in [4.69, 9.17) is 5.73 Å². The summed E-state index contributed by atoms with van der Waals surface area (Å²) in [4.78, 5) is 24.6. The minimum atomic E-state index is -0.243. The van der Waals surface area contributed by atoms with E-state index in [1.54, 1.807) is 0 Å². The third-order valence-electron chi connectivity index (χ3n) is 1.73. The highest BCUT2D eigenvalue weighted by Gasteiger charge is 2.04. The molecule has 0 aliphatic carbocycles. The minimum Gasteiger partial charge on any atom is -0.354 e. The number of aromatic amines is 2. The van der Waals surface area contributed by atoms with Crippen molar-refractivity contribution in [2.45, 2.75) is 0 Å². The lowest BCUT2D eigenvalue weighted by Crippen LogP contribution is -2.18. The molecular weight excluding hydrogens is 184 g/mol. The van der Waals surface area contributed by atoms with Crippen LogP contribution in [-0.4, -0.2) is 33.0 Å². The van der Waals surface area contributed by atoms with Gasteiger partial charge >= 0.3 is 0 Å². The molecule has 0 aliphatic heterocycles. The molecule has 0 bridgehead atoms. The molecule has 0 aromatic carbocycles. The molecule has 0 spiro atoms. The van der Waals surface area contributed by atoms with E-state index in [9.17, 15) is 4.79 Å². The predicted octanol–water partition coefficient (Wildman–Crippen LogP) is -0.983. The highest BCUT2D eigenvalue weighted by atomic mass is 16.1. The van der Waals surface area contributed by atoms with Crippen molar-refractivity contribution in [2.75, 3.05) is 18.4 Å². The fraction of sp³-hybridized carbons (Fsp3) is 0.286. The van der Waals surface area contributed by atoms with Crippen LogP contribution in [0.3, 0.4) is 0 Å².